The summed E-state index contributed by atoms with van der Waals surface area (Å²) in [5, 5.41) is 3.22. The van der Waals surface area contributed by atoms with E-state index < -0.39 is 34.6 Å². The summed E-state index contributed by atoms with van der Waals surface area (Å²) in [6.07, 6.45) is -3.46. The van der Waals surface area contributed by atoms with Gasteiger partial charge in [0.15, 0.2) is 0 Å². The van der Waals surface area contributed by atoms with Gasteiger partial charge in [-0.15, -0.1) is 0 Å². The summed E-state index contributed by atoms with van der Waals surface area (Å²) in [4.78, 5) is 12.1. The number of rotatable bonds is 5. The Bertz CT molecular complexity index is 518. The highest BCUT2D eigenvalue weighted by Gasteiger charge is 2.33. The van der Waals surface area contributed by atoms with Gasteiger partial charge in [-0.3, -0.25) is 4.79 Å². The second-order valence-electron chi connectivity index (χ2n) is 5.00. The van der Waals surface area contributed by atoms with Crippen molar-refractivity contribution in [3.63, 3.8) is 0 Å². The van der Waals surface area contributed by atoms with Crippen LogP contribution < -0.4 is 5.32 Å². The Labute approximate surface area is 129 Å². The van der Waals surface area contributed by atoms with Crippen LogP contribution in [0.3, 0.4) is 0 Å². The van der Waals surface area contributed by atoms with E-state index in [-0.39, 0.29) is 0 Å². The quantitative estimate of drug-likeness (QED) is 0.599. The summed E-state index contributed by atoms with van der Waals surface area (Å²) >= 11 is 3.25. The van der Waals surface area contributed by atoms with E-state index in [1.165, 1.54) is 0 Å². The van der Waals surface area contributed by atoms with Gasteiger partial charge in [0.1, 0.15) is 5.82 Å². The average Bonchev–Trinajstić information content (AvgIpc) is 2.37. The fraction of sp³-hybridized carbons (Fsp3) is 0.500. The maximum absolute atomic E-state index is 13.6. The molecule has 1 amide bonds. The highest BCUT2D eigenvalue weighted by atomic mass is 79.9. The molecule has 0 radical (unpaired) electrons. The van der Waals surface area contributed by atoms with Gasteiger partial charge in [0.05, 0.1) is 11.1 Å². The summed E-state index contributed by atoms with van der Waals surface area (Å²) in [6.45, 7) is 3.60. The van der Waals surface area contributed by atoms with Crippen LogP contribution in [-0.4, -0.2) is 16.8 Å². The molecular formula is C14H16BrF4NO. The van der Waals surface area contributed by atoms with Gasteiger partial charge in [-0.2, -0.15) is 13.2 Å². The molecule has 0 fully saturated rings. The molecule has 1 N–H and O–H groups in total. The molecule has 0 aliphatic carbocycles. The molecule has 0 aliphatic rings. The van der Waals surface area contributed by atoms with Crippen LogP contribution in [0.4, 0.5) is 17.6 Å². The molecule has 1 rings (SSSR count). The second-order valence-corrected chi connectivity index (χ2v) is 5.79. The van der Waals surface area contributed by atoms with E-state index in [1.807, 2.05) is 6.92 Å². The largest absolute Gasteiger partial charge is 0.416 e. The number of halogens is 5. The van der Waals surface area contributed by atoms with Crippen LogP contribution in [0.2, 0.25) is 0 Å². The summed E-state index contributed by atoms with van der Waals surface area (Å²) in [6, 6.07) is 1.81. The van der Waals surface area contributed by atoms with E-state index >= 15 is 0 Å². The minimum absolute atomic E-state index is 0.537. The van der Waals surface area contributed by atoms with Crippen LogP contribution in [0.1, 0.15) is 42.6 Å². The van der Waals surface area contributed by atoms with E-state index in [9.17, 15) is 22.4 Å². The first-order valence-corrected chi connectivity index (χ1v) is 7.50. The van der Waals surface area contributed by atoms with Crippen molar-refractivity contribution in [3.8, 4) is 0 Å². The van der Waals surface area contributed by atoms with Gasteiger partial charge >= 0.3 is 6.18 Å². The molecule has 1 atom stereocenters. The van der Waals surface area contributed by atoms with E-state index in [0.29, 0.717) is 36.4 Å². The van der Waals surface area contributed by atoms with Gasteiger partial charge in [0, 0.05) is 10.9 Å². The third-order valence-corrected chi connectivity index (χ3v) is 3.78. The van der Waals surface area contributed by atoms with Gasteiger partial charge < -0.3 is 5.32 Å². The van der Waals surface area contributed by atoms with Crippen molar-refractivity contribution in [2.24, 2.45) is 0 Å². The highest BCUT2D eigenvalue weighted by Crippen LogP contribution is 2.30. The number of carbonyl (C=O) groups is 1. The maximum atomic E-state index is 13.6. The van der Waals surface area contributed by atoms with Crippen LogP contribution in [0.5, 0.6) is 0 Å². The SMILES string of the molecule is CCC(C)(CCBr)NC(=O)c1cc(C(F)(F)F)ccc1F. The molecular weight excluding hydrogens is 354 g/mol. The predicted molar refractivity (Wildman–Crippen MR) is 76.0 cm³/mol. The summed E-state index contributed by atoms with van der Waals surface area (Å²) < 4.78 is 51.5. The number of carbonyl (C=O) groups excluding carboxylic acids is 1. The van der Waals surface area contributed by atoms with Crippen molar-refractivity contribution >= 4 is 21.8 Å². The fourth-order valence-electron chi connectivity index (χ4n) is 1.75. The number of nitrogens with one attached hydrogen (secondary N) is 1. The van der Waals surface area contributed by atoms with Crippen LogP contribution in [0.25, 0.3) is 0 Å². The maximum Gasteiger partial charge on any atom is 0.416 e. The molecule has 0 aromatic heterocycles. The Balaban J connectivity index is 3.07. The minimum atomic E-state index is -4.62. The first-order chi connectivity index (χ1) is 9.63. The molecule has 1 unspecified atom stereocenters. The minimum Gasteiger partial charge on any atom is -0.347 e. The van der Waals surface area contributed by atoms with E-state index in [0.717, 1.165) is 0 Å². The molecule has 0 saturated carbocycles. The van der Waals surface area contributed by atoms with E-state index in [4.69, 9.17) is 0 Å². The number of benzene rings is 1. The number of amides is 1. The van der Waals surface area contributed by atoms with Gasteiger partial charge in [-0.1, -0.05) is 22.9 Å². The van der Waals surface area contributed by atoms with Crippen LogP contribution in [-0.2, 0) is 6.18 Å². The van der Waals surface area contributed by atoms with Crippen molar-refractivity contribution in [1.82, 2.24) is 5.32 Å². The molecule has 0 aliphatic heterocycles. The molecule has 1 aromatic carbocycles. The Morgan fingerprint density at radius 1 is 1.33 bits per heavy atom. The highest BCUT2D eigenvalue weighted by molar-refractivity contribution is 9.09. The van der Waals surface area contributed by atoms with Gasteiger partial charge in [0.2, 0.25) is 0 Å². The van der Waals surface area contributed by atoms with Crippen molar-refractivity contribution < 1.29 is 22.4 Å². The van der Waals surface area contributed by atoms with Crippen molar-refractivity contribution in [1.29, 1.82) is 0 Å². The number of hydrogen-bond acceptors (Lipinski definition) is 1. The molecule has 7 heteroatoms. The van der Waals surface area contributed by atoms with Gasteiger partial charge in [-0.05, 0) is 38.0 Å². The van der Waals surface area contributed by atoms with Crippen molar-refractivity contribution in [3.05, 3.63) is 35.1 Å². The standard InChI is InChI=1S/C14H16BrF4NO/c1-3-13(2,6-7-15)20-12(21)10-8-9(14(17,18)19)4-5-11(10)16/h4-5,8H,3,6-7H2,1-2H3,(H,20,21). The number of hydrogen-bond donors (Lipinski definition) is 1. The van der Waals surface area contributed by atoms with Gasteiger partial charge in [0.25, 0.3) is 5.91 Å². The molecule has 0 heterocycles. The molecule has 2 nitrogen and oxygen atoms in total. The third-order valence-electron chi connectivity index (χ3n) is 3.38. The molecule has 1 aromatic rings. The Hall–Kier alpha value is -1.11. The van der Waals surface area contributed by atoms with Crippen molar-refractivity contribution in [2.75, 3.05) is 5.33 Å². The molecule has 21 heavy (non-hydrogen) atoms. The second kappa shape index (κ2) is 6.77. The molecule has 118 valence electrons. The third kappa shape index (κ3) is 4.69. The lowest BCUT2D eigenvalue weighted by atomic mass is 9.95. The normalized spacial score (nSPS) is 14.6. The lowest BCUT2D eigenvalue weighted by molar-refractivity contribution is -0.137. The number of alkyl halides is 4. The molecule has 0 bridgehead atoms. The summed E-state index contributed by atoms with van der Waals surface area (Å²) in [5.74, 6) is -1.82. The predicted octanol–water partition coefficient (Wildman–Crippen LogP) is 4.53. The lowest BCUT2D eigenvalue weighted by Crippen LogP contribution is -2.46. The van der Waals surface area contributed by atoms with Crippen LogP contribution in [0.15, 0.2) is 18.2 Å². The smallest absolute Gasteiger partial charge is 0.347 e. The zero-order valence-electron chi connectivity index (χ0n) is 11.7. The zero-order chi connectivity index (χ0) is 16.3. The zero-order valence-corrected chi connectivity index (χ0v) is 13.2. The molecule has 0 spiro atoms. The summed E-state index contributed by atoms with van der Waals surface area (Å²) in [7, 11) is 0. The lowest BCUT2D eigenvalue weighted by Gasteiger charge is -2.29. The first kappa shape index (κ1) is 17.9. The summed E-state index contributed by atoms with van der Waals surface area (Å²) in [5.41, 5.74) is -2.26. The van der Waals surface area contributed by atoms with Crippen LogP contribution in [0, 0.1) is 5.82 Å². The van der Waals surface area contributed by atoms with Crippen molar-refractivity contribution in [2.45, 2.75) is 38.4 Å². The van der Waals surface area contributed by atoms with Crippen LogP contribution >= 0.6 is 15.9 Å². The Morgan fingerprint density at radius 3 is 2.43 bits per heavy atom. The fourth-order valence-corrected chi connectivity index (χ4v) is 2.63. The van der Waals surface area contributed by atoms with E-state index in [1.54, 1.807) is 6.92 Å². The molecule has 0 saturated heterocycles. The topological polar surface area (TPSA) is 29.1 Å². The van der Waals surface area contributed by atoms with Gasteiger partial charge in [-0.25, -0.2) is 4.39 Å². The van der Waals surface area contributed by atoms with E-state index in [2.05, 4.69) is 21.2 Å². The first-order valence-electron chi connectivity index (χ1n) is 6.38. The monoisotopic (exact) mass is 369 g/mol. The Morgan fingerprint density at radius 2 is 1.95 bits per heavy atom. The Kier molecular flexibility index (Phi) is 5.78. The average molecular weight is 370 g/mol.